The topological polar surface area (TPSA) is 76.6 Å². The highest BCUT2D eigenvalue weighted by atomic mass is 35.5. The second-order valence-electron chi connectivity index (χ2n) is 13.0. The number of amides is 1. The summed E-state index contributed by atoms with van der Waals surface area (Å²) in [5.74, 6) is -1.84. The van der Waals surface area contributed by atoms with Gasteiger partial charge < -0.3 is 21.1 Å². The summed E-state index contributed by atoms with van der Waals surface area (Å²) >= 11 is 12.8. The van der Waals surface area contributed by atoms with Crippen molar-refractivity contribution in [1.29, 1.82) is 0 Å². The standard InChI is InChI=1S/C34H42Cl2F2N4O2/c1-21(15-30(39-6)26-9-8-24(37)17-29(26)38)31(43)41-34(19-42(20-34)25-11-13-33(5,44)14-12-25)18-22(2)40-32(3,4)27-16-23(35)7-10-28(27)36/h7-10,15-17,25,39-40,44H,1-2,11-14,18-20H2,3-6H3,(H,41,43)/b30-15-. The molecule has 2 aliphatic rings. The molecular formula is C34H42Cl2F2N4O2. The lowest BCUT2D eigenvalue weighted by Gasteiger charge is -2.55. The van der Waals surface area contributed by atoms with Crippen LogP contribution in [0, 0.1) is 11.6 Å². The Kier molecular flexibility index (Phi) is 10.2. The maximum atomic E-state index is 14.5. The first-order chi connectivity index (χ1) is 20.5. The molecule has 0 bridgehead atoms. The normalized spacial score (nSPS) is 22.1. The van der Waals surface area contributed by atoms with Gasteiger partial charge in [-0.1, -0.05) is 36.4 Å². The number of nitrogens with zero attached hydrogens (tertiary/aromatic N) is 1. The third kappa shape index (κ3) is 8.02. The fourth-order valence-corrected chi connectivity index (χ4v) is 6.83. The number of likely N-dealkylation sites (tertiary alicyclic amines) is 1. The third-order valence-corrected chi connectivity index (χ3v) is 9.25. The van der Waals surface area contributed by atoms with Crippen LogP contribution in [0.1, 0.15) is 64.0 Å². The SMILES string of the molecule is C=C(CC1(NC(=O)C(=C)/C=C(\NC)c2ccc(F)cc2F)CN(C2CCC(C)(O)CC2)C1)NC(C)(C)c1cc(Cl)ccc1Cl. The Bertz CT molecular complexity index is 1460. The first-order valence-corrected chi connectivity index (χ1v) is 15.5. The number of carbonyl (C=O) groups excluding carboxylic acids is 1. The zero-order chi connectivity index (χ0) is 32.4. The van der Waals surface area contributed by atoms with Gasteiger partial charge in [0.2, 0.25) is 0 Å². The molecular weight excluding hydrogens is 605 g/mol. The van der Waals surface area contributed by atoms with Crippen LogP contribution in [0.15, 0.2) is 66.9 Å². The van der Waals surface area contributed by atoms with Crippen molar-refractivity contribution in [3.05, 3.63) is 99.7 Å². The molecule has 10 heteroatoms. The molecule has 2 aromatic carbocycles. The van der Waals surface area contributed by atoms with Gasteiger partial charge in [0.1, 0.15) is 11.6 Å². The fraction of sp³-hybridized carbons (Fsp3) is 0.441. The number of hydrogen-bond donors (Lipinski definition) is 4. The molecule has 1 aliphatic heterocycles. The summed E-state index contributed by atoms with van der Waals surface area (Å²) in [5, 5.41) is 21.1. The molecule has 2 aromatic rings. The van der Waals surface area contributed by atoms with Crippen LogP contribution in [0.4, 0.5) is 8.78 Å². The molecule has 1 aliphatic carbocycles. The zero-order valence-corrected chi connectivity index (χ0v) is 27.3. The van der Waals surface area contributed by atoms with Crippen molar-refractivity contribution >= 4 is 34.8 Å². The minimum atomic E-state index is -0.749. The zero-order valence-electron chi connectivity index (χ0n) is 25.8. The van der Waals surface area contributed by atoms with Crippen LogP contribution in [0.2, 0.25) is 10.0 Å². The number of aliphatic hydroxyl groups is 1. The molecule has 0 spiro atoms. The molecule has 0 aromatic heterocycles. The molecule has 0 radical (unpaired) electrons. The lowest BCUT2D eigenvalue weighted by molar-refractivity contribution is -0.123. The molecule has 4 N–H and O–H groups in total. The predicted molar refractivity (Wildman–Crippen MR) is 174 cm³/mol. The quantitative estimate of drug-likeness (QED) is 0.162. The summed E-state index contributed by atoms with van der Waals surface area (Å²) in [7, 11) is 1.59. The van der Waals surface area contributed by atoms with E-state index in [1.807, 2.05) is 26.8 Å². The van der Waals surface area contributed by atoms with Gasteiger partial charge >= 0.3 is 0 Å². The maximum Gasteiger partial charge on any atom is 0.251 e. The Morgan fingerprint density at radius 3 is 2.41 bits per heavy atom. The molecule has 4 rings (SSSR count). The first-order valence-electron chi connectivity index (χ1n) is 14.8. The number of halogens is 4. The van der Waals surface area contributed by atoms with E-state index in [1.165, 1.54) is 12.1 Å². The minimum Gasteiger partial charge on any atom is -0.390 e. The molecule has 2 fully saturated rings. The van der Waals surface area contributed by atoms with Crippen molar-refractivity contribution in [2.75, 3.05) is 20.1 Å². The largest absolute Gasteiger partial charge is 0.390 e. The number of hydrogen-bond acceptors (Lipinski definition) is 5. The van der Waals surface area contributed by atoms with Crippen LogP contribution in [0.3, 0.4) is 0 Å². The summed E-state index contributed by atoms with van der Waals surface area (Å²) < 4.78 is 28.0. The second-order valence-corrected chi connectivity index (χ2v) is 13.8. The van der Waals surface area contributed by atoms with E-state index >= 15 is 0 Å². The Hall–Kier alpha value is -2.91. The molecule has 1 amide bonds. The maximum absolute atomic E-state index is 14.5. The van der Waals surface area contributed by atoms with E-state index in [4.69, 9.17) is 23.2 Å². The van der Waals surface area contributed by atoms with Gasteiger partial charge in [0.15, 0.2) is 0 Å². The van der Waals surface area contributed by atoms with Crippen molar-refractivity contribution in [3.63, 3.8) is 0 Å². The highest BCUT2D eigenvalue weighted by Crippen LogP contribution is 2.38. The van der Waals surface area contributed by atoms with Gasteiger partial charge in [0.25, 0.3) is 5.91 Å². The number of benzene rings is 2. The van der Waals surface area contributed by atoms with Gasteiger partial charge in [-0.3, -0.25) is 9.69 Å². The van der Waals surface area contributed by atoms with Crippen molar-refractivity contribution < 1.29 is 18.7 Å². The van der Waals surface area contributed by atoms with Crippen LogP contribution < -0.4 is 16.0 Å². The van der Waals surface area contributed by atoms with E-state index in [2.05, 4.69) is 34.0 Å². The Morgan fingerprint density at radius 1 is 1.14 bits per heavy atom. The third-order valence-electron chi connectivity index (χ3n) is 8.68. The number of nitrogens with one attached hydrogen (secondary N) is 3. The van der Waals surface area contributed by atoms with E-state index in [0.717, 1.165) is 43.4 Å². The number of rotatable bonds is 11. The van der Waals surface area contributed by atoms with Gasteiger partial charge in [0.05, 0.1) is 16.7 Å². The van der Waals surface area contributed by atoms with Crippen LogP contribution >= 0.6 is 23.2 Å². The Labute approximate surface area is 269 Å². The molecule has 44 heavy (non-hydrogen) atoms. The summed E-state index contributed by atoms with van der Waals surface area (Å²) in [4.78, 5) is 15.9. The van der Waals surface area contributed by atoms with Crippen LogP contribution in [0.25, 0.3) is 5.70 Å². The van der Waals surface area contributed by atoms with E-state index in [-0.39, 0.29) is 11.1 Å². The summed E-state index contributed by atoms with van der Waals surface area (Å²) in [5.41, 5.74) is 0.186. The molecule has 0 atom stereocenters. The fourth-order valence-electron chi connectivity index (χ4n) is 6.31. The van der Waals surface area contributed by atoms with Gasteiger partial charge in [0, 0.05) is 71.2 Å². The van der Waals surface area contributed by atoms with Crippen LogP contribution in [0.5, 0.6) is 0 Å². The molecule has 6 nitrogen and oxygen atoms in total. The summed E-state index contributed by atoms with van der Waals surface area (Å²) in [6, 6.07) is 8.90. The highest BCUT2D eigenvalue weighted by molar-refractivity contribution is 6.33. The van der Waals surface area contributed by atoms with Gasteiger partial charge in [-0.2, -0.15) is 0 Å². The second kappa shape index (κ2) is 13.2. The van der Waals surface area contributed by atoms with Crippen LogP contribution in [-0.4, -0.2) is 53.2 Å². The lowest BCUT2D eigenvalue weighted by Crippen LogP contribution is -2.72. The average Bonchev–Trinajstić information content (AvgIpc) is 2.91. The van der Waals surface area contributed by atoms with Gasteiger partial charge in [-0.15, -0.1) is 0 Å². The monoisotopic (exact) mass is 646 g/mol. The minimum absolute atomic E-state index is 0.120. The first kappa shape index (κ1) is 34.0. The van der Waals surface area contributed by atoms with E-state index < -0.39 is 34.2 Å². The summed E-state index contributed by atoms with van der Waals surface area (Å²) in [6.07, 6.45) is 5.09. The Morgan fingerprint density at radius 2 is 1.80 bits per heavy atom. The molecule has 1 saturated heterocycles. The average molecular weight is 648 g/mol. The van der Waals surface area contributed by atoms with Crippen LogP contribution in [-0.2, 0) is 10.3 Å². The molecule has 1 heterocycles. The summed E-state index contributed by atoms with van der Waals surface area (Å²) in [6.45, 7) is 15.3. The van der Waals surface area contributed by atoms with E-state index in [1.54, 1.807) is 19.2 Å². The van der Waals surface area contributed by atoms with Crippen molar-refractivity contribution in [1.82, 2.24) is 20.9 Å². The molecule has 238 valence electrons. The van der Waals surface area contributed by atoms with Gasteiger partial charge in [-0.05, 0) is 88.4 Å². The number of carbonyl (C=O) groups is 1. The van der Waals surface area contributed by atoms with Gasteiger partial charge in [-0.25, -0.2) is 8.78 Å². The van der Waals surface area contributed by atoms with Crippen molar-refractivity contribution in [3.8, 4) is 0 Å². The van der Waals surface area contributed by atoms with Crippen molar-refractivity contribution in [2.45, 2.75) is 75.6 Å². The Balaban J connectivity index is 1.52. The van der Waals surface area contributed by atoms with E-state index in [9.17, 15) is 18.7 Å². The van der Waals surface area contributed by atoms with Crippen molar-refractivity contribution in [2.24, 2.45) is 0 Å². The van der Waals surface area contributed by atoms with E-state index in [0.29, 0.717) is 47.0 Å². The molecule has 1 saturated carbocycles. The highest BCUT2D eigenvalue weighted by Gasteiger charge is 2.48. The lowest BCUT2D eigenvalue weighted by atomic mass is 9.77. The molecule has 0 unspecified atom stereocenters. The smallest absolute Gasteiger partial charge is 0.251 e. The predicted octanol–water partition coefficient (Wildman–Crippen LogP) is 6.68.